The molecule has 14 heteroatoms. The highest BCUT2D eigenvalue weighted by Gasteiger charge is 2.80. The van der Waals surface area contributed by atoms with Gasteiger partial charge in [-0.3, -0.25) is 0 Å². The first kappa shape index (κ1) is 15.3. The fourth-order valence-electron chi connectivity index (χ4n) is 0.988. The normalized spacial score (nSPS) is 31.6. The standard InChI is InChI=1S/C4H2F10O2S2/c5-17(6,7,8,9)1-2-3(4(15)16-2)18(10,11,12,13)14/h1,3H. The Labute approximate surface area is 92.0 Å². The molecule has 112 valence electrons. The molecule has 2 nitrogen and oxygen atoms in total. The number of hydrogen-bond acceptors (Lipinski definition) is 2. The van der Waals surface area contributed by atoms with Gasteiger partial charge in [0.05, 0.1) is 0 Å². The molecule has 1 fully saturated rings. The Morgan fingerprint density at radius 1 is 0.889 bits per heavy atom. The summed E-state index contributed by atoms with van der Waals surface area (Å²) in [5, 5.41) is -6.88. The van der Waals surface area contributed by atoms with Gasteiger partial charge in [0.15, 0.2) is 5.76 Å². The third-order valence-corrected chi connectivity index (χ3v) is 3.47. The lowest BCUT2D eigenvalue weighted by atomic mass is 10.3. The Kier molecular flexibility index (Phi) is 1.97. The molecule has 1 saturated heterocycles. The molecule has 0 N–H and O–H groups in total. The molecule has 1 rings (SSSR count). The zero-order valence-corrected chi connectivity index (χ0v) is 9.20. The molecule has 0 saturated carbocycles. The number of esters is 1. The van der Waals surface area contributed by atoms with E-state index in [1.165, 1.54) is 0 Å². The van der Waals surface area contributed by atoms with Crippen molar-refractivity contribution in [3.05, 3.63) is 11.2 Å². The molecule has 0 aromatic carbocycles. The average Bonchev–Trinajstić information content (AvgIpc) is 1.68. The number of cyclic esters (lactones) is 1. The summed E-state index contributed by atoms with van der Waals surface area (Å²) in [5.41, 5.74) is 0. The first-order valence-electron chi connectivity index (χ1n) is 3.49. The quantitative estimate of drug-likeness (QED) is 0.502. The monoisotopic (exact) mass is 336 g/mol. The molecule has 1 heterocycles. The third kappa shape index (κ3) is 3.86. The lowest BCUT2D eigenvalue weighted by molar-refractivity contribution is -0.148. The van der Waals surface area contributed by atoms with Gasteiger partial charge in [-0.05, 0) is 0 Å². The van der Waals surface area contributed by atoms with Crippen LogP contribution in [0.15, 0.2) is 11.2 Å². The van der Waals surface area contributed by atoms with Gasteiger partial charge in [-0.2, -0.15) is 0 Å². The van der Waals surface area contributed by atoms with E-state index in [1.54, 1.807) is 0 Å². The van der Waals surface area contributed by atoms with E-state index in [0.29, 0.717) is 0 Å². The SMILES string of the molecule is O=C1OC(=CS(F)(F)(F)(F)F)C1S(F)(F)(F)(F)F. The van der Waals surface area contributed by atoms with Crippen molar-refractivity contribution in [1.82, 2.24) is 0 Å². The van der Waals surface area contributed by atoms with E-state index in [2.05, 4.69) is 4.74 Å². The Bertz CT molecular complexity index is 466. The maximum atomic E-state index is 12.0. The smallest absolute Gasteiger partial charge is 0.341 e. The van der Waals surface area contributed by atoms with Gasteiger partial charge in [0.25, 0.3) is 5.25 Å². The molecule has 1 atom stereocenters. The maximum Gasteiger partial charge on any atom is 0.341 e. The van der Waals surface area contributed by atoms with Gasteiger partial charge in [0, 0.05) is 0 Å². The van der Waals surface area contributed by atoms with E-state index in [-0.39, 0.29) is 0 Å². The second-order valence-electron chi connectivity index (χ2n) is 3.38. The molecule has 1 unspecified atom stereocenters. The second-order valence-corrected chi connectivity index (χ2v) is 8.20. The lowest BCUT2D eigenvalue weighted by Crippen LogP contribution is -2.46. The van der Waals surface area contributed by atoms with Crippen LogP contribution in [-0.4, -0.2) is 11.2 Å². The van der Waals surface area contributed by atoms with Gasteiger partial charge in [0.1, 0.15) is 5.41 Å². The van der Waals surface area contributed by atoms with Crippen LogP contribution < -0.4 is 0 Å². The molecule has 1 aliphatic rings. The van der Waals surface area contributed by atoms with Gasteiger partial charge in [-0.15, -0.1) is 0 Å². The molecule has 0 amide bonds. The van der Waals surface area contributed by atoms with Gasteiger partial charge in [0.2, 0.25) is 0 Å². The number of carbonyl (C=O) groups excluding carboxylic acids is 1. The minimum Gasteiger partial charge on any atom is -0.427 e. The first-order chi connectivity index (χ1) is 7.08. The molecule has 1 aliphatic heterocycles. The van der Waals surface area contributed by atoms with Gasteiger partial charge >= 0.3 is 26.4 Å². The van der Waals surface area contributed by atoms with Crippen LogP contribution in [0.3, 0.4) is 0 Å². The van der Waals surface area contributed by atoms with Crippen LogP contribution in [0, 0.1) is 0 Å². The number of rotatable bonds is 2. The molecular weight excluding hydrogens is 334 g/mol. The van der Waals surface area contributed by atoms with E-state index in [9.17, 15) is 43.7 Å². The zero-order valence-electron chi connectivity index (χ0n) is 7.57. The Hall–Kier alpha value is -0.790. The maximum absolute atomic E-state index is 12.0. The second kappa shape index (κ2) is 2.32. The van der Waals surface area contributed by atoms with Crippen molar-refractivity contribution < 1.29 is 48.4 Å². The Morgan fingerprint density at radius 3 is 1.50 bits per heavy atom. The Morgan fingerprint density at radius 2 is 1.28 bits per heavy atom. The summed E-state index contributed by atoms with van der Waals surface area (Å²) < 4.78 is 122. The molecule has 0 spiro atoms. The molecule has 0 bridgehead atoms. The van der Waals surface area contributed by atoms with Gasteiger partial charge in [-0.25, -0.2) is 4.79 Å². The number of hydrogen-bond donors (Lipinski definition) is 0. The molecule has 0 aromatic rings. The first-order valence-corrected chi connectivity index (χ1v) is 7.52. The third-order valence-electron chi connectivity index (χ3n) is 1.48. The largest absolute Gasteiger partial charge is 0.427 e. The number of carbonyl (C=O) groups is 1. The highest BCUT2D eigenvalue weighted by molar-refractivity contribution is 8.48. The van der Waals surface area contributed by atoms with Crippen LogP contribution in [0.2, 0.25) is 0 Å². The average molecular weight is 336 g/mol. The molecule has 0 aromatic heterocycles. The minimum absolute atomic E-state index is 2.29. The van der Waals surface area contributed by atoms with Crippen LogP contribution in [0.25, 0.3) is 0 Å². The summed E-state index contributed by atoms with van der Waals surface area (Å²) in [7, 11) is -21.3. The summed E-state index contributed by atoms with van der Waals surface area (Å²) in [6, 6.07) is 0. The molecule has 18 heavy (non-hydrogen) atoms. The topological polar surface area (TPSA) is 26.3 Å². The van der Waals surface area contributed by atoms with Gasteiger partial charge in [-0.1, -0.05) is 38.9 Å². The predicted molar refractivity (Wildman–Crippen MR) is 44.2 cm³/mol. The van der Waals surface area contributed by atoms with Crippen LogP contribution in [0.5, 0.6) is 0 Å². The molecule has 0 aliphatic carbocycles. The molecular formula is C4H2F10O2S2. The van der Waals surface area contributed by atoms with Crippen molar-refractivity contribution in [1.29, 1.82) is 0 Å². The zero-order chi connectivity index (χ0) is 15.0. The van der Waals surface area contributed by atoms with E-state index in [0.717, 1.165) is 0 Å². The van der Waals surface area contributed by atoms with Crippen molar-refractivity contribution in [3.8, 4) is 0 Å². The fourth-order valence-corrected chi connectivity index (χ4v) is 2.66. The van der Waals surface area contributed by atoms with Crippen molar-refractivity contribution >= 4 is 26.4 Å². The van der Waals surface area contributed by atoms with E-state index >= 15 is 0 Å². The lowest BCUT2D eigenvalue weighted by Gasteiger charge is -2.50. The summed E-state index contributed by atoms with van der Waals surface area (Å²) in [4.78, 5) is 10.2. The van der Waals surface area contributed by atoms with E-state index < -0.39 is 42.8 Å². The van der Waals surface area contributed by atoms with Crippen molar-refractivity contribution in [2.24, 2.45) is 0 Å². The van der Waals surface area contributed by atoms with E-state index in [4.69, 9.17) is 0 Å². The van der Waals surface area contributed by atoms with Crippen molar-refractivity contribution in [2.75, 3.05) is 0 Å². The summed E-state index contributed by atoms with van der Waals surface area (Å²) >= 11 is 0. The van der Waals surface area contributed by atoms with Crippen LogP contribution in [0.4, 0.5) is 38.9 Å². The number of ether oxygens (including phenoxy) is 1. The van der Waals surface area contributed by atoms with Crippen LogP contribution >= 0.6 is 20.4 Å². The van der Waals surface area contributed by atoms with Crippen molar-refractivity contribution in [2.45, 2.75) is 5.25 Å². The highest BCUT2D eigenvalue weighted by Crippen LogP contribution is 3.04. The summed E-state index contributed by atoms with van der Waals surface area (Å²) in [5.74, 6) is -5.61. The summed E-state index contributed by atoms with van der Waals surface area (Å²) in [6.45, 7) is 0. The number of halogens is 10. The van der Waals surface area contributed by atoms with Crippen LogP contribution in [0.1, 0.15) is 0 Å². The van der Waals surface area contributed by atoms with Crippen molar-refractivity contribution in [3.63, 3.8) is 0 Å². The van der Waals surface area contributed by atoms with E-state index in [1.807, 2.05) is 0 Å². The van der Waals surface area contributed by atoms with Crippen LogP contribution in [-0.2, 0) is 9.53 Å². The Balaban J connectivity index is 3.38. The fraction of sp³-hybridized carbons (Fsp3) is 0.250. The molecule has 0 radical (unpaired) electrons. The highest BCUT2D eigenvalue weighted by atomic mass is 32.5. The van der Waals surface area contributed by atoms with Gasteiger partial charge < -0.3 is 4.74 Å². The minimum atomic E-state index is -10.7. The summed E-state index contributed by atoms with van der Waals surface area (Å²) in [6.07, 6.45) is 0. The predicted octanol–water partition coefficient (Wildman–Crippen LogP) is 5.35.